The van der Waals surface area contributed by atoms with Crippen LogP contribution in [0, 0.1) is 5.92 Å². The third-order valence-electron chi connectivity index (χ3n) is 4.29. The van der Waals surface area contributed by atoms with Crippen molar-refractivity contribution in [3.63, 3.8) is 0 Å². The summed E-state index contributed by atoms with van der Waals surface area (Å²) in [7, 11) is 0. The molecule has 0 saturated heterocycles. The third kappa shape index (κ3) is 4.49. The summed E-state index contributed by atoms with van der Waals surface area (Å²) in [6.07, 6.45) is 0. The van der Waals surface area contributed by atoms with Gasteiger partial charge in [-0.25, -0.2) is 4.98 Å². The molecule has 0 spiro atoms. The number of para-hydroxylation sites is 2. The molecule has 1 unspecified atom stereocenters. The maximum absolute atomic E-state index is 12.7. The van der Waals surface area contributed by atoms with E-state index in [1.165, 1.54) is 0 Å². The van der Waals surface area contributed by atoms with E-state index in [1.54, 1.807) is 24.3 Å². The fraction of sp³-hybridized carbons (Fsp3) is 0.286. The van der Waals surface area contributed by atoms with Gasteiger partial charge in [0.05, 0.1) is 17.6 Å². The number of amides is 2. The first kappa shape index (κ1) is 19.4. The van der Waals surface area contributed by atoms with Crippen molar-refractivity contribution >= 4 is 28.8 Å². The summed E-state index contributed by atoms with van der Waals surface area (Å²) in [6.45, 7) is 6.21. The second kappa shape index (κ2) is 8.56. The molecule has 1 aromatic heterocycles. The Morgan fingerprint density at radius 1 is 1.11 bits per heavy atom. The van der Waals surface area contributed by atoms with Crippen LogP contribution in [0.5, 0.6) is 5.75 Å². The van der Waals surface area contributed by atoms with E-state index < -0.39 is 6.04 Å². The molecule has 7 heteroatoms. The van der Waals surface area contributed by atoms with E-state index in [9.17, 15) is 9.59 Å². The molecule has 7 nitrogen and oxygen atoms in total. The van der Waals surface area contributed by atoms with E-state index in [0.29, 0.717) is 23.9 Å². The number of fused-ring (bicyclic) bond motifs is 1. The Bertz CT molecular complexity index is 930. The molecule has 3 rings (SSSR count). The number of aromatic amines is 1. The molecular formula is C21H24N4O3. The minimum Gasteiger partial charge on any atom is -0.494 e. The maximum Gasteiger partial charge on any atom is 0.251 e. The summed E-state index contributed by atoms with van der Waals surface area (Å²) in [4.78, 5) is 32.7. The van der Waals surface area contributed by atoms with Gasteiger partial charge in [0.15, 0.2) is 0 Å². The highest BCUT2D eigenvalue weighted by molar-refractivity contribution is 6.01. The fourth-order valence-corrected chi connectivity index (χ4v) is 2.84. The number of carbonyl (C=O) groups is 2. The number of anilines is 1. The Labute approximate surface area is 163 Å². The summed E-state index contributed by atoms with van der Waals surface area (Å²) < 4.78 is 5.38. The number of ether oxygens (including phenoxy) is 1. The van der Waals surface area contributed by atoms with Gasteiger partial charge >= 0.3 is 0 Å². The molecule has 28 heavy (non-hydrogen) atoms. The molecule has 146 valence electrons. The van der Waals surface area contributed by atoms with Crippen molar-refractivity contribution in [1.82, 2.24) is 15.3 Å². The highest BCUT2D eigenvalue weighted by atomic mass is 16.5. The van der Waals surface area contributed by atoms with E-state index >= 15 is 0 Å². The van der Waals surface area contributed by atoms with Crippen LogP contribution in [0.3, 0.4) is 0 Å². The zero-order valence-corrected chi connectivity index (χ0v) is 16.2. The summed E-state index contributed by atoms with van der Waals surface area (Å²) >= 11 is 0. The summed E-state index contributed by atoms with van der Waals surface area (Å²) in [5.74, 6) is 0.306. The lowest BCUT2D eigenvalue weighted by Crippen LogP contribution is -2.47. The second-order valence-electron chi connectivity index (χ2n) is 6.74. The van der Waals surface area contributed by atoms with Gasteiger partial charge in [-0.3, -0.25) is 14.9 Å². The molecule has 2 aromatic carbocycles. The molecule has 3 N–H and O–H groups in total. The van der Waals surface area contributed by atoms with Crippen molar-refractivity contribution in [2.45, 2.75) is 26.8 Å². The maximum atomic E-state index is 12.7. The molecule has 0 aliphatic heterocycles. The average molecular weight is 380 g/mol. The van der Waals surface area contributed by atoms with Gasteiger partial charge in [-0.2, -0.15) is 0 Å². The standard InChI is InChI=1S/C21H24N4O3/c1-4-28-15-11-9-14(10-12-15)19(26)24-18(13(2)3)20(27)25-21-22-16-7-5-6-8-17(16)23-21/h5-13,18H,4H2,1-3H3,(H,24,26)(H2,22,23,25,27). The van der Waals surface area contributed by atoms with Crippen LogP contribution in [-0.2, 0) is 4.79 Å². The van der Waals surface area contributed by atoms with Crippen LogP contribution in [0.4, 0.5) is 5.95 Å². The van der Waals surface area contributed by atoms with Crippen LogP contribution in [0.25, 0.3) is 11.0 Å². The van der Waals surface area contributed by atoms with E-state index in [0.717, 1.165) is 11.0 Å². The van der Waals surface area contributed by atoms with Gasteiger partial charge in [-0.05, 0) is 49.2 Å². The number of aromatic nitrogens is 2. The Hall–Kier alpha value is -3.35. The Morgan fingerprint density at radius 3 is 2.46 bits per heavy atom. The number of hydrogen-bond donors (Lipinski definition) is 3. The topological polar surface area (TPSA) is 96.1 Å². The summed E-state index contributed by atoms with van der Waals surface area (Å²) in [5.41, 5.74) is 2.06. The van der Waals surface area contributed by atoms with Crippen molar-refractivity contribution < 1.29 is 14.3 Å². The zero-order chi connectivity index (χ0) is 20.1. The van der Waals surface area contributed by atoms with Gasteiger partial charge in [-0.15, -0.1) is 0 Å². The first-order valence-electron chi connectivity index (χ1n) is 9.27. The monoisotopic (exact) mass is 380 g/mol. The molecule has 2 amide bonds. The number of rotatable bonds is 7. The van der Waals surface area contributed by atoms with Crippen molar-refractivity contribution in [3.05, 3.63) is 54.1 Å². The van der Waals surface area contributed by atoms with Crippen LogP contribution in [0.2, 0.25) is 0 Å². The van der Waals surface area contributed by atoms with Gasteiger partial charge in [-0.1, -0.05) is 26.0 Å². The summed E-state index contributed by atoms with van der Waals surface area (Å²) in [6, 6.07) is 13.6. The molecule has 0 fully saturated rings. The molecule has 0 aliphatic carbocycles. The molecule has 0 radical (unpaired) electrons. The van der Waals surface area contributed by atoms with Crippen molar-refractivity contribution in [2.75, 3.05) is 11.9 Å². The van der Waals surface area contributed by atoms with E-state index in [2.05, 4.69) is 20.6 Å². The van der Waals surface area contributed by atoms with Gasteiger partial charge in [0, 0.05) is 5.56 Å². The van der Waals surface area contributed by atoms with Crippen LogP contribution in [-0.4, -0.2) is 34.4 Å². The van der Waals surface area contributed by atoms with Gasteiger partial charge in [0.1, 0.15) is 11.8 Å². The predicted octanol–water partition coefficient (Wildman–Crippen LogP) is 3.35. The highest BCUT2D eigenvalue weighted by Gasteiger charge is 2.25. The molecule has 0 bridgehead atoms. The van der Waals surface area contributed by atoms with Crippen molar-refractivity contribution in [3.8, 4) is 5.75 Å². The Kier molecular flexibility index (Phi) is 5.93. The first-order valence-corrected chi connectivity index (χ1v) is 9.27. The predicted molar refractivity (Wildman–Crippen MR) is 108 cm³/mol. The Morgan fingerprint density at radius 2 is 1.82 bits per heavy atom. The van der Waals surface area contributed by atoms with Crippen molar-refractivity contribution in [2.24, 2.45) is 5.92 Å². The Balaban J connectivity index is 1.69. The van der Waals surface area contributed by atoms with E-state index in [1.807, 2.05) is 45.0 Å². The number of hydrogen-bond acceptors (Lipinski definition) is 4. The van der Waals surface area contributed by atoms with Crippen LogP contribution in [0.1, 0.15) is 31.1 Å². The second-order valence-corrected chi connectivity index (χ2v) is 6.74. The van der Waals surface area contributed by atoms with E-state index in [-0.39, 0.29) is 17.7 Å². The molecule has 0 aliphatic rings. The van der Waals surface area contributed by atoms with Crippen LogP contribution >= 0.6 is 0 Å². The zero-order valence-electron chi connectivity index (χ0n) is 16.2. The molecule has 1 atom stereocenters. The SMILES string of the molecule is CCOc1ccc(C(=O)NC(C(=O)Nc2nc3ccccc3[nH]2)C(C)C)cc1. The number of nitrogens with one attached hydrogen (secondary N) is 3. The van der Waals surface area contributed by atoms with Crippen LogP contribution < -0.4 is 15.4 Å². The minimum atomic E-state index is -0.702. The average Bonchev–Trinajstić information content (AvgIpc) is 3.08. The van der Waals surface area contributed by atoms with E-state index in [4.69, 9.17) is 4.74 Å². The largest absolute Gasteiger partial charge is 0.494 e. The van der Waals surface area contributed by atoms with Gasteiger partial charge < -0.3 is 15.0 Å². The molecule has 1 heterocycles. The highest BCUT2D eigenvalue weighted by Crippen LogP contribution is 2.15. The van der Waals surface area contributed by atoms with Crippen LogP contribution in [0.15, 0.2) is 48.5 Å². The number of benzene rings is 2. The number of imidazole rings is 1. The lowest BCUT2D eigenvalue weighted by atomic mass is 10.0. The number of carbonyl (C=O) groups excluding carboxylic acids is 2. The smallest absolute Gasteiger partial charge is 0.251 e. The first-order chi connectivity index (χ1) is 13.5. The lowest BCUT2D eigenvalue weighted by Gasteiger charge is -2.21. The molecule has 3 aromatic rings. The third-order valence-corrected chi connectivity index (χ3v) is 4.29. The van der Waals surface area contributed by atoms with Gasteiger partial charge in [0.25, 0.3) is 5.91 Å². The quantitative estimate of drug-likeness (QED) is 0.586. The summed E-state index contributed by atoms with van der Waals surface area (Å²) in [5, 5.41) is 5.56. The lowest BCUT2D eigenvalue weighted by molar-refractivity contribution is -0.118. The normalized spacial score (nSPS) is 12.0. The number of nitrogens with zero attached hydrogens (tertiary/aromatic N) is 1. The fourth-order valence-electron chi connectivity index (χ4n) is 2.84. The minimum absolute atomic E-state index is 0.101. The van der Waals surface area contributed by atoms with Gasteiger partial charge in [0.2, 0.25) is 11.9 Å². The number of H-pyrrole nitrogens is 1. The molecular weight excluding hydrogens is 356 g/mol. The van der Waals surface area contributed by atoms with Crippen molar-refractivity contribution in [1.29, 1.82) is 0 Å². The molecule has 0 saturated carbocycles.